The molecule has 0 bridgehead atoms. The molecule has 0 aliphatic rings. The molecule has 0 amide bonds. The molecule has 8 heteroatoms. The topological polar surface area (TPSA) is 87.4 Å². The van der Waals surface area contributed by atoms with E-state index in [1.807, 2.05) is 13.8 Å². The van der Waals surface area contributed by atoms with Crippen molar-refractivity contribution in [2.75, 3.05) is 0 Å². The van der Waals surface area contributed by atoms with Crippen LogP contribution in [-0.4, -0.2) is 17.6 Å². The van der Waals surface area contributed by atoms with E-state index in [0.29, 0.717) is 0 Å². The first-order chi connectivity index (χ1) is 11.2. The van der Waals surface area contributed by atoms with Gasteiger partial charge in [-0.15, -0.1) is 0 Å². The van der Waals surface area contributed by atoms with Gasteiger partial charge in [0, 0.05) is 20.3 Å². The summed E-state index contributed by atoms with van der Waals surface area (Å²) in [5.74, 6) is 0.280. The molecule has 0 saturated carbocycles. The van der Waals surface area contributed by atoms with Crippen molar-refractivity contribution >= 4 is 10.1 Å². The number of nitrogens with zero attached hydrogens (tertiary/aromatic N) is 2. The number of aryl methyl sites for hydroxylation is 1. The monoisotopic (exact) mass is 352 g/mol. The maximum atomic E-state index is 12.6. The molecule has 1 unspecified atom stereocenters. The lowest BCUT2D eigenvalue weighted by Crippen LogP contribution is -2.39. The highest BCUT2D eigenvalue weighted by Crippen LogP contribution is 2.30. The molecule has 1 aromatic heterocycles. The van der Waals surface area contributed by atoms with Crippen LogP contribution in [0.2, 0.25) is 0 Å². The van der Waals surface area contributed by atoms with Gasteiger partial charge in [-0.25, -0.2) is 4.79 Å². The van der Waals surface area contributed by atoms with E-state index in [1.165, 1.54) is 14.1 Å². The summed E-state index contributed by atoms with van der Waals surface area (Å²) in [5, 5.41) is 0. The Morgan fingerprint density at radius 2 is 1.79 bits per heavy atom. The van der Waals surface area contributed by atoms with Crippen molar-refractivity contribution in [3.8, 4) is 5.75 Å². The molecule has 0 aliphatic carbocycles. The van der Waals surface area contributed by atoms with Gasteiger partial charge in [-0.1, -0.05) is 32.0 Å². The van der Waals surface area contributed by atoms with Gasteiger partial charge in [0.15, 0.2) is 4.90 Å². The fraction of sp³-hybridized carbons (Fsp3) is 0.375. The minimum Gasteiger partial charge on any atom is -0.378 e. The molecular formula is C16H20N2O5S. The molecule has 1 atom stereocenters. The maximum absolute atomic E-state index is 12.6. The van der Waals surface area contributed by atoms with Crippen LogP contribution in [0.5, 0.6) is 5.75 Å². The maximum Gasteiger partial charge on any atom is 0.346 e. The van der Waals surface area contributed by atoms with Gasteiger partial charge in [-0.3, -0.25) is 9.36 Å². The highest BCUT2D eigenvalue weighted by atomic mass is 32.2. The van der Waals surface area contributed by atoms with Gasteiger partial charge in [0.2, 0.25) is 0 Å². The molecule has 1 aromatic carbocycles. The van der Waals surface area contributed by atoms with Crippen LogP contribution in [0.15, 0.2) is 44.9 Å². The van der Waals surface area contributed by atoms with Gasteiger partial charge in [-0.05, 0) is 24.0 Å². The number of benzene rings is 1. The molecule has 130 valence electrons. The molecule has 0 aliphatic heterocycles. The Balaban J connectivity index is 2.56. The van der Waals surface area contributed by atoms with Gasteiger partial charge in [0.05, 0.1) is 0 Å². The number of aromatic nitrogens is 2. The molecule has 0 N–H and O–H groups in total. The van der Waals surface area contributed by atoms with E-state index >= 15 is 0 Å². The van der Waals surface area contributed by atoms with Crippen LogP contribution >= 0.6 is 0 Å². The van der Waals surface area contributed by atoms with Gasteiger partial charge in [-0.2, -0.15) is 8.42 Å². The molecule has 0 fully saturated rings. The van der Waals surface area contributed by atoms with Crippen molar-refractivity contribution < 1.29 is 12.6 Å². The van der Waals surface area contributed by atoms with Crippen LogP contribution in [0.3, 0.4) is 0 Å². The zero-order valence-corrected chi connectivity index (χ0v) is 14.8. The standard InChI is InChI=1S/C16H20N2O5S/c1-5-11(2)12-8-6-7-9-13(12)23-24(21,22)14-10-17(3)16(20)18(4)15(14)19/h6-11H,5H2,1-4H3. The molecule has 0 spiro atoms. The normalized spacial score (nSPS) is 12.8. The minimum absolute atomic E-state index is 0.0966. The third-order valence-corrected chi connectivity index (χ3v) is 5.16. The van der Waals surface area contributed by atoms with E-state index in [9.17, 15) is 18.0 Å². The highest BCUT2D eigenvalue weighted by Gasteiger charge is 2.25. The summed E-state index contributed by atoms with van der Waals surface area (Å²) in [6, 6.07) is 6.80. The van der Waals surface area contributed by atoms with E-state index in [0.717, 1.165) is 27.3 Å². The smallest absolute Gasteiger partial charge is 0.346 e. The second-order valence-electron chi connectivity index (χ2n) is 5.64. The number of para-hydroxylation sites is 1. The summed E-state index contributed by atoms with van der Waals surface area (Å²) in [7, 11) is -1.78. The van der Waals surface area contributed by atoms with Crippen molar-refractivity contribution in [1.29, 1.82) is 0 Å². The lowest BCUT2D eigenvalue weighted by molar-refractivity contribution is 0.474. The number of hydrogen-bond acceptors (Lipinski definition) is 5. The van der Waals surface area contributed by atoms with Crippen molar-refractivity contribution in [2.24, 2.45) is 14.1 Å². The molecule has 7 nitrogen and oxygen atoms in total. The quantitative estimate of drug-likeness (QED) is 0.759. The summed E-state index contributed by atoms with van der Waals surface area (Å²) >= 11 is 0. The molecule has 0 radical (unpaired) electrons. The summed E-state index contributed by atoms with van der Waals surface area (Å²) in [6.07, 6.45) is 1.79. The lowest BCUT2D eigenvalue weighted by atomic mass is 9.98. The van der Waals surface area contributed by atoms with Crippen LogP contribution < -0.4 is 15.4 Å². The zero-order chi connectivity index (χ0) is 18.1. The van der Waals surface area contributed by atoms with E-state index in [2.05, 4.69) is 0 Å². The predicted octanol–water partition coefficient (Wildman–Crippen LogP) is 1.37. The second-order valence-corrected chi connectivity index (χ2v) is 7.15. The van der Waals surface area contributed by atoms with E-state index in [1.54, 1.807) is 24.3 Å². The van der Waals surface area contributed by atoms with Crippen LogP contribution in [-0.2, 0) is 24.2 Å². The largest absolute Gasteiger partial charge is 0.378 e. The first kappa shape index (κ1) is 18.0. The summed E-state index contributed by atoms with van der Waals surface area (Å²) in [6.45, 7) is 3.94. The Bertz CT molecular complexity index is 973. The highest BCUT2D eigenvalue weighted by molar-refractivity contribution is 7.87. The Kier molecular flexibility index (Phi) is 4.98. The van der Waals surface area contributed by atoms with Crippen LogP contribution in [0.4, 0.5) is 0 Å². The first-order valence-electron chi connectivity index (χ1n) is 7.49. The predicted molar refractivity (Wildman–Crippen MR) is 89.9 cm³/mol. The number of rotatable bonds is 5. The molecule has 1 heterocycles. The summed E-state index contributed by atoms with van der Waals surface area (Å²) < 4.78 is 32.1. The summed E-state index contributed by atoms with van der Waals surface area (Å²) in [5.41, 5.74) is -0.789. The number of hydrogen-bond donors (Lipinski definition) is 0. The van der Waals surface area contributed by atoms with Gasteiger partial charge in [0.1, 0.15) is 5.75 Å². The average molecular weight is 352 g/mol. The third-order valence-electron chi connectivity index (χ3n) is 3.95. The van der Waals surface area contributed by atoms with Crippen molar-refractivity contribution in [1.82, 2.24) is 9.13 Å². The van der Waals surface area contributed by atoms with E-state index < -0.39 is 26.3 Å². The van der Waals surface area contributed by atoms with Gasteiger partial charge < -0.3 is 8.75 Å². The SMILES string of the molecule is CCC(C)c1ccccc1OS(=O)(=O)c1cn(C)c(=O)n(C)c1=O. The first-order valence-corrected chi connectivity index (χ1v) is 8.90. The Morgan fingerprint density at radius 3 is 2.42 bits per heavy atom. The van der Waals surface area contributed by atoms with Gasteiger partial charge >= 0.3 is 15.8 Å². The minimum atomic E-state index is -4.36. The van der Waals surface area contributed by atoms with Crippen LogP contribution in [0.1, 0.15) is 31.7 Å². The van der Waals surface area contributed by atoms with Crippen LogP contribution in [0, 0.1) is 0 Å². The van der Waals surface area contributed by atoms with Crippen molar-refractivity contribution in [2.45, 2.75) is 31.1 Å². The van der Waals surface area contributed by atoms with Crippen LogP contribution in [0.25, 0.3) is 0 Å². The molecular weight excluding hydrogens is 332 g/mol. The van der Waals surface area contributed by atoms with Crippen molar-refractivity contribution in [3.63, 3.8) is 0 Å². The Morgan fingerprint density at radius 1 is 1.17 bits per heavy atom. The zero-order valence-electron chi connectivity index (χ0n) is 14.0. The molecule has 2 rings (SSSR count). The molecule has 24 heavy (non-hydrogen) atoms. The van der Waals surface area contributed by atoms with E-state index in [-0.39, 0.29) is 11.7 Å². The van der Waals surface area contributed by atoms with E-state index in [4.69, 9.17) is 4.18 Å². The van der Waals surface area contributed by atoms with Crippen molar-refractivity contribution in [3.05, 3.63) is 56.9 Å². The van der Waals surface area contributed by atoms with Gasteiger partial charge in [0.25, 0.3) is 5.56 Å². The second kappa shape index (κ2) is 6.64. The molecule has 0 saturated heterocycles. The average Bonchev–Trinajstić information content (AvgIpc) is 2.55. The Hall–Kier alpha value is -2.35. The third kappa shape index (κ3) is 3.28. The molecule has 2 aromatic rings. The fourth-order valence-corrected chi connectivity index (χ4v) is 3.41. The Labute approximate surface area is 140 Å². The lowest BCUT2D eigenvalue weighted by Gasteiger charge is -2.15. The fourth-order valence-electron chi connectivity index (χ4n) is 2.29. The summed E-state index contributed by atoms with van der Waals surface area (Å²) in [4.78, 5) is 23.3.